The zero-order chi connectivity index (χ0) is 16.6. The van der Waals surface area contributed by atoms with Crippen molar-refractivity contribution in [2.24, 2.45) is 0 Å². The number of rotatable bonds is 4. The fraction of sp³-hybridized carbons (Fsp3) is 0.529. The number of nitrogens with one attached hydrogen (secondary N) is 1. The number of carboxylic acids is 1. The molecule has 2 N–H and O–H groups in total. The molecule has 0 bridgehead atoms. The van der Waals surface area contributed by atoms with Crippen molar-refractivity contribution >= 4 is 23.5 Å². The Morgan fingerprint density at radius 1 is 1.30 bits per heavy atom. The van der Waals surface area contributed by atoms with Gasteiger partial charge in [0.2, 0.25) is 5.91 Å². The average Bonchev–Trinajstić information content (AvgIpc) is 2.80. The van der Waals surface area contributed by atoms with E-state index in [1.165, 1.54) is 0 Å². The minimum Gasteiger partial charge on any atom is -0.480 e. The molecule has 5 nitrogen and oxygen atoms in total. The molecule has 0 aromatic heterocycles. The van der Waals surface area contributed by atoms with Crippen molar-refractivity contribution in [3.63, 3.8) is 0 Å². The Labute approximate surface area is 140 Å². The Bertz CT molecular complexity index is 613. The molecule has 1 aliphatic heterocycles. The largest absolute Gasteiger partial charge is 0.480 e. The Balaban J connectivity index is 1.72. The lowest BCUT2D eigenvalue weighted by Crippen LogP contribution is -2.52. The number of carbonyl (C=O) groups is 2. The number of aliphatic carboxylic acids is 1. The quantitative estimate of drug-likeness (QED) is 0.882. The standard InChI is InChI=1S/C17H21ClN2O3/c1-20-10-13(9-14(20)15(21)22)19-16(23)17(7-2-8-17)11-3-5-12(18)6-4-11/h3-6,13-14H,2,7-10H2,1H3,(H,19,23)(H,21,22)/t13-,14-/m0/s1. The third-order valence-electron chi connectivity index (χ3n) is 5.21. The van der Waals surface area contributed by atoms with E-state index in [1.807, 2.05) is 24.3 Å². The summed E-state index contributed by atoms with van der Waals surface area (Å²) >= 11 is 5.94. The molecule has 0 spiro atoms. The summed E-state index contributed by atoms with van der Waals surface area (Å²) in [4.78, 5) is 25.8. The summed E-state index contributed by atoms with van der Waals surface area (Å²) in [5, 5.41) is 12.9. The van der Waals surface area contributed by atoms with Crippen LogP contribution in [-0.2, 0) is 15.0 Å². The molecule has 2 aliphatic rings. The predicted octanol–water partition coefficient (Wildman–Crippen LogP) is 2.04. The molecule has 1 aromatic carbocycles. The summed E-state index contributed by atoms with van der Waals surface area (Å²) in [6.07, 6.45) is 3.13. The van der Waals surface area contributed by atoms with Crippen LogP contribution in [-0.4, -0.2) is 47.6 Å². The first-order chi connectivity index (χ1) is 10.9. The number of amides is 1. The molecule has 1 saturated carbocycles. The van der Waals surface area contributed by atoms with Crippen LogP contribution in [0.25, 0.3) is 0 Å². The number of likely N-dealkylation sites (N-methyl/N-ethyl adjacent to an activating group) is 1. The fourth-order valence-corrected chi connectivity index (χ4v) is 3.79. The second kappa shape index (κ2) is 6.13. The first kappa shape index (κ1) is 16.3. The van der Waals surface area contributed by atoms with Crippen LogP contribution >= 0.6 is 11.6 Å². The number of hydrogen-bond donors (Lipinski definition) is 2. The van der Waals surface area contributed by atoms with Crippen molar-refractivity contribution in [1.29, 1.82) is 0 Å². The maximum atomic E-state index is 12.9. The maximum Gasteiger partial charge on any atom is 0.320 e. The highest BCUT2D eigenvalue weighted by molar-refractivity contribution is 6.30. The van der Waals surface area contributed by atoms with Gasteiger partial charge in [-0.1, -0.05) is 30.2 Å². The Kier molecular flexibility index (Phi) is 4.34. The molecule has 1 aromatic rings. The van der Waals surface area contributed by atoms with Crippen LogP contribution in [0.2, 0.25) is 5.02 Å². The minimum absolute atomic E-state index is 0.00973. The van der Waals surface area contributed by atoms with Gasteiger partial charge in [-0.05, 0) is 44.0 Å². The normalized spacial score (nSPS) is 26.5. The lowest BCUT2D eigenvalue weighted by molar-refractivity contribution is -0.141. The molecular formula is C17H21ClN2O3. The highest BCUT2D eigenvalue weighted by Gasteiger charge is 2.47. The second-order valence-electron chi connectivity index (χ2n) is 6.64. The molecule has 0 radical (unpaired) electrons. The number of likely N-dealkylation sites (tertiary alicyclic amines) is 1. The van der Waals surface area contributed by atoms with Crippen molar-refractivity contribution in [2.45, 2.75) is 43.2 Å². The molecule has 3 rings (SSSR count). The van der Waals surface area contributed by atoms with Gasteiger partial charge in [0.25, 0.3) is 0 Å². The summed E-state index contributed by atoms with van der Waals surface area (Å²) in [7, 11) is 1.78. The molecule has 6 heteroatoms. The van der Waals surface area contributed by atoms with E-state index in [-0.39, 0.29) is 11.9 Å². The van der Waals surface area contributed by atoms with Gasteiger partial charge in [-0.2, -0.15) is 0 Å². The van der Waals surface area contributed by atoms with Crippen molar-refractivity contribution in [3.8, 4) is 0 Å². The monoisotopic (exact) mass is 336 g/mol. The van der Waals surface area contributed by atoms with Gasteiger partial charge in [-0.25, -0.2) is 0 Å². The van der Waals surface area contributed by atoms with E-state index in [4.69, 9.17) is 11.6 Å². The second-order valence-corrected chi connectivity index (χ2v) is 7.08. The number of carboxylic acid groups (broad SMARTS) is 1. The van der Waals surface area contributed by atoms with Gasteiger partial charge in [-0.3, -0.25) is 14.5 Å². The summed E-state index contributed by atoms with van der Waals surface area (Å²) < 4.78 is 0. The first-order valence-corrected chi connectivity index (χ1v) is 8.30. The topological polar surface area (TPSA) is 69.6 Å². The van der Waals surface area contributed by atoms with Gasteiger partial charge in [0.05, 0.1) is 5.41 Å². The summed E-state index contributed by atoms with van der Waals surface area (Å²) in [5.41, 5.74) is 0.511. The zero-order valence-electron chi connectivity index (χ0n) is 13.1. The summed E-state index contributed by atoms with van der Waals surface area (Å²) in [6, 6.07) is 6.83. The van der Waals surface area contributed by atoms with Gasteiger partial charge in [0, 0.05) is 17.6 Å². The molecule has 1 amide bonds. The van der Waals surface area contributed by atoms with Crippen LogP contribution in [0, 0.1) is 0 Å². The molecule has 2 atom stereocenters. The van der Waals surface area contributed by atoms with Gasteiger partial charge in [-0.15, -0.1) is 0 Å². The van der Waals surface area contributed by atoms with Gasteiger partial charge < -0.3 is 10.4 Å². The van der Waals surface area contributed by atoms with Gasteiger partial charge in [0.1, 0.15) is 6.04 Å². The van der Waals surface area contributed by atoms with Crippen molar-refractivity contribution in [2.75, 3.05) is 13.6 Å². The summed E-state index contributed by atoms with van der Waals surface area (Å²) in [6.45, 7) is 0.569. The molecule has 23 heavy (non-hydrogen) atoms. The highest BCUT2D eigenvalue weighted by Crippen LogP contribution is 2.44. The van der Waals surface area contributed by atoms with Crippen molar-refractivity contribution in [1.82, 2.24) is 10.2 Å². The Morgan fingerprint density at radius 2 is 1.96 bits per heavy atom. The maximum absolute atomic E-state index is 12.9. The molecule has 2 fully saturated rings. The first-order valence-electron chi connectivity index (χ1n) is 7.92. The van der Waals surface area contributed by atoms with Gasteiger partial charge >= 0.3 is 5.97 Å². The molecule has 1 heterocycles. The number of hydrogen-bond acceptors (Lipinski definition) is 3. The van der Waals surface area contributed by atoms with E-state index in [0.717, 1.165) is 24.8 Å². The SMILES string of the molecule is CN1C[C@@H](NC(=O)C2(c3ccc(Cl)cc3)CCC2)C[C@H]1C(=O)O. The van der Waals surface area contributed by atoms with E-state index in [9.17, 15) is 14.7 Å². The third kappa shape index (κ3) is 2.95. The molecule has 124 valence electrons. The zero-order valence-corrected chi connectivity index (χ0v) is 13.8. The number of carbonyl (C=O) groups excluding carboxylic acids is 1. The number of benzene rings is 1. The van der Waals surface area contributed by atoms with Crippen LogP contribution in [0.1, 0.15) is 31.2 Å². The van der Waals surface area contributed by atoms with Gasteiger partial charge in [0.15, 0.2) is 0 Å². The van der Waals surface area contributed by atoms with Crippen LogP contribution in [0.15, 0.2) is 24.3 Å². The third-order valence-corrected chi connectivity index (χ3v) is 5.46. The van der Waals surface area contributed by atoms with Crippen molar-refractivity contribution in [3.05, 3.63) is 34.9 Å². The van der Waals surface area contributed by atoms with Crippen LogP contribution in [0.5, 0.6) is 0 Å². The van der Waals surface area contributed by atoms with E-state index < -0.39 is 17.4 Å². The Hall–Kier alpha value is -1.59. The highest BCUT2D eigenvalue weighted by atomic mass is 35.5. The van der Waals surface area contributed by atoms with Crippen LogP contribution in [0.3, 0.4) is 0 Å². The Morgan fingerprint density at radius 3 is 2.43 bits per heavy atom. The summed E-state index contributed by atoms with van der Waals surface area (Å²) in [5.74, 6) is -0.823. The van der Waals surface area contributed by atoms with E-state index >= 15 is 0 Å². The predicted molar refractivity (Wildman–Crippen MR) is 87.6 cm³/mol. The number of nitrogens with zero attached hydrogens (tertiary/aromatic N) is 1. The van der Waals surface area contributed by atoms with E-state index in [1.54, 1.807) is 11.9 Å². The molecular weight excluding hydrogens is 316 g/mol. The number of halogens is 1. The smallest absolute Gasteiger partial charge is 0.320 e. The van der Waals surface area contributed by atoms with E-state index in [0.29, 0.717) is 18.0 Å². The molecule has 1 aliphatic carbocycles. The molecule has 1 saturated heterocycles. The van der Waals surface area contributed by atoms with Crippen LogP contribution in [0.4, 0.5) is 0 Å². The molecule has 0 unspecified atom stereocenters. The van der Waals surface area contributed by atoms with Crippen LogP contribution < -0.4 is 5.32 Å². The van der Waals surface area contributed by atoms with E-state index in [2.05, 4.69) is 5.32 Å². The van der Waals surface area contributed by atoms with Crippen molar-refractivity contribution < 1.29 is 14.7 Å². The minimum atomic E-state index is -0.833. The lowest BCUT2D eigenvalue weighted by atomic mass is 9.63. The lowest BCUT2D eigenvalue weighted by Gasteiger charge is -2.41. The average molecular weight is 337 g/mol. The fourth-order valence-electron chi connectivity index (χ4n) is 3.66.